The van der Waals surface area contributed by atoms with Gasteiger partial charge in [-0.05, 0) is 45.6 Å². The van der Waals surface area contributed by atoms with Gasteiger partial charge in [0, 0.05) is 6.04 Å². The number of primary amides is 1. The van der Waals surface area contributed by atoms with E-state index in [1.54, 1.807) is 0 Å². The number of rotatable bonds is 1. The molecule has 2 fully saturated rings. The van der Waals surface area contributed by atoms with Crippen molar-refractivity contribution in [1.29, 1.82) is 0 Å². The number of fused-ring (bicyclic) bond motifs is 2. The summed E-state index contributed by atoms with van der Waals surface area (Å²) >= 11 is 0. The Balaban J connectivity index is 2.28. The van der Waals surface area contributed by atoms with Gasteiger partial charge >= 0.3 is 0 Å². The van der Waals surface area contributed by atoms with Crippen LogP contribution in [0.3, 0.4) is 0 Å². The van der Waals surface area contributed by atoms with Crippen molar-refractivity contribution in [3.63, 3.8) is 0 Å². The van der Waals surface area contributed by atoms with E-state index in [2.05, 4.69) is 11.3 Å². The maximum atomic E-state index is 11.5. The predicted molar refractivity (Wildman–Crippen MR) is 50.9 cm³/mol. The van der Waals surface area contributed by atoms with E-state index in [0.717, 1.165) is 25.7 Å². The molecule has 2 unspecified atom stereocenters. The molecular formula is C10H17N2O. The SMILES string of the molecule is CN1C2C[CH]CC1(C(N)=O)CCC2. The van der Waals surface area contributed by atoms with Crippen LogP contribution in [0.25, 0.3) is 0 Å². The Labute approximate surface area is 79.3 Å². The molecule has 13 heavy (non-hydrogen) atoms. The van der Waals surface area contributed by atoms with Gasteiger partial charge in [0.1, 0.15) is 5.54 Å². The van der Waals surface area contributed by atoms with Crippen LogP contribution in [0.15, 0.2) is 0 Å². The van der Waals surface area contributed by atoms with Crippen LogP contribution >= 0.6 is 0 Å². The molecule has 2 saturated heterocycles. The summed E-state index contributed by atoms with van der Waals surface area (Å²) in [5.41, 5.74) is 5.15. The van der Waals surface area contributed by atoms with Crippen molar-refractivity contribution in [3.8, 4) is 0 Å². The Morgan fingerprint density at radius 1 is 1.69 bits per heavy atom. The standard InChI is InChI=1S/C10H17N2O/c1-12-8-4-2-6-10(12,9(11)13)7-3-5-8/h2,8H,3-7H2,1H3,(H2,11,13). The first-order chi connectivity index (χ1) is 6.17. The van der Waals surface area contributed by atoms with Crippen LogP contribution in [0.2, 0.25) is 0 Å². The van der Waals surface area contributed by atoms with Gasteiger partial charge in [-0.3, -0.25) is 9.69 Å². The summed E-state index contributed by atoms with van der Waals surface area (Å²) in [5.74, 6) is -0.143. The van der Waals surface area contributed by atoms with Crippen molar-refractivity contribution in [2.24, 2.45) is 5.73 Å². The Morgan fingerprint density at radius 2 is 2.46 bits per heavy atom. The smallest absolute Gasteiger partial charge is 0.237 e. The van der Waals surface area contributed by atoms with Gasteiger partial charge in [0.05, 0.1) is 0 Å². The minimum Gasteiger partial charge on any atom is -0.368 e. The van der Waals surface area contributed by atoms with E-state index in [0.29, 0.717) is 6.04 Å². The molecule has 0 saturated carbocycles. The highest BCUT2D eigenvalue weighted by atomic mass is 16.1. The topological polar surface area (TPSA) is 46.3 Å². The molecule has 0 spiro atoms. The van der Waals surface area contributed by atoms with Crippen molar-refractivity contribution in [2.45, 2.75) is 43.7 Å². The van der Waals surface area contributed by atoms with Gasteiger partial charge in [0.2, 0.25) is 5.91 Å². The summed E-state index contributed by atoms with van der Waals surface area (Å²) in [4.78, 5) is 13.7. The first kappa shape index (κ1) is 9.00. The minimum atomic E-state index is -0.346. The lowest BCUT2D eigenvalue weighted by molar-refractivity contribution is -0.136. The lowest BCUT2D eigenvalue weighted by atomic mass is 9.74. The lowest BCUT2D eigenvalue weighted by Gasteiger charge is -2.51. The molecule has 3 nitrogen and oxygen atoms in total. The van der Waals surface area contributed by atoms with Crippen LogP contribution in [-0.2, 0) is 4.79 Å². The number of hydrogen-bond donors (Lipinski definition) is 1. The highest BCUT2D eigenvalue weighted by molar-refractivity contribution is 5.85. The molecule has 3 heteroatoms. The normalized spacial score (nSPS) is 40.2. The molecule has 2 N–H and O–H groups in total. The average Bonchev–Trinajstić information content (AvgIpc) is 2.03. The fourth-order valence-electron chi connectivity index (χ4n) is 2.78. The van der Waals surface area contributed by atoms with Crippen molar-refractivity contribution in [3.05, 3.63) is 6.42 Å². The van der Waals surface area contributed by atoms with E-state index in [1.165, 1.54) is 6.42 Å². The molecule has 2 aliphatic rings. The number of carbonyl (C=O) groups is 1. The Morgan fingerprint density at radius 3 is 3.08 bits per heavy atom. The van der Waals surface area contributed by atoms with Crippen LogP contribution < -0.4 is 5.73 Å². The van der Waals surface area contributed by atoms with Crippen LogP contribution in [0.1, 0.15) is 32.1 Å². The van der Waals surface area contributed by atoms with Gasteiger partial charge in [0.15, 0.2) is 0 Å². The molecule has 2 rings (SSSR count). The lowest BCUT2D eigenvalue weighted by Crippen LogP contribution is -2.63. The molecule has 73 valence electrons. The third-order valence-electron chi connectivity index (χ3n) is 3.73. The fourth-order valence-corrected chi connectivity index (χ4v) is 2.78. The number of nitrogens with two attached hydrogens (primary N) is 1. The first-order valence-corrected chi connectivity index (χ1v) is 5.01. The Bertz CT molecular complexity index is 217. The van der Waals surface area contributed by atoms with Crippen molar-refractivity contribution < 1.29 is 4.79 Å². The van der Waals surface area contributed by atoms with Crippen molar-refractivity contribution in [2.75, 3.05) is 7.05 Å². The number of piperidine rings is 2. The summed E-state index contributed by atoms with van der Waals surface area (Å²) in [6.45, 7) is 0. The molecule has 2 aliphatic heterocycles. The van der Waals surface area contributed by atoms with E-state index >= 15 is 0 Å². The third-order valence-corrected chi connectivity index (χ3v) is 3.73. The van der Waals surface area contributed by atoms with Gasteiger partial charge in [-0.25, -0.2) is 0 Å². The molecule has 0 aliphatic carbocycles. The van der Waals surface area contributed by atoms with Gasteiger partial charge < -0.3 is 5.73 Å². The van der Waals surface area contributed by atoms with E-state index in [-0.39, 0.29) is 11.4 Å². The summed E-state index contributed by atoms with van der Waals surface area (Å²) in [6, 6.07) is 0.551. The van der Waals surface area contributed by atoms with Gasteiger partial charge in [-0.2, -0.15) is 0 Å². The van der Waals surface area contributed by atoms with Gasteiger partial charge in [-0.15, -0.1) is 0 Å². The summed E-state index contributed by atoms with van der Waals surface area (Å²) in [5, 5.41) is 0. The zero-order valence-corrected chi connectivity index (χ0v) is 8.12. The predicted octanol–water partition coefficient (Wildman–Crippen LogP) is 0.693. The van der Waals surface area contributed by atoms with E-state index in [1.807, 2.05) is 7.05 Å². The molecular weight excluding hydrogens is 164 g/mol. The summed E-state index contributed by atoms with van der Waals surface area (Å²) in [6.07, 6.45) is 7.48. The second-order valence-electron chi connectivity index (χ2n) is 4.28. The summed E-state index contributed by atoms with van der Waals surface area (Å²) < 4.78 is 0. The fraction of sp³-hybridized carbons (Fsp3) is 0.800. The quantitative estimate of drug-likeness (QED) is 0.647. The van der Waals surface area contributed by atoms with Crippen molar-refractivity contribution in [1.82, 2.24) is 4.90 Å². The summed E-state index contributed by atoms with van der Waals surface area (Å²) in [7, 11) is 2.04. The van der Waals surface area contributed by atoms with Crippen LogP contribution in [-0.4, -0.2) is 29.4 Å². The van der Waals surface area contributed by atoms with E-state index in [4.69, 9.17) is 5.73 Å². The number of likely N-dealkylation sites (N-methyl/N-ethyl adjacent to an activating group) is 1. The number of nitrogens with zero attached hydrogens (tertiary/aromatic N) is 1. The average molecular weight is 181 g/mol. The number of amides is 1. The Hall–Kier alpha value is -0.570. The maximum Gasteiger partial charge on any atom is 0.237 e. The monoisotopic (exact) mass is 181 g/mol. The van der Waals surface area contributed by atoms with E-state index in [9.17, 15) is 4.79 Å². The maximum absolute atomic E-state index is 11.5. The Kier molecular flexibility index (Phi) is 2.06. The minimum absolute atomic E-state index is 0.143. The second-order valence-corrected chi connectivity index (χ2v) is 4.28. The van der Waals surface area contributed by atoms with Crippen LogP contribution in [0, 0.1) is 6.42 Å². The molecule has 1 amide bonds. The van der Waals surface area contributed by atoms with Gasteiger partial charge in [-0.1, -0.05) is 0 Å². The number of hydrogen-bond acceptors (Lipinski definition) is 2. The largest absolute Gasteiger partial charge is 0.368 e. The zero-order valence-electron chi connectivity index (χ0n) is 8.12. The molecule has 0 aromatic carbocycles. The highest BCUT2D eigenvalue weighted by Crippen LogP contribution is 2.40. The zero-order chi connectivity index (χ0) is 9.47. The molecule has 1 radical (unpaired) electrons. The molecule has 2 atom stereocenters. The van der Waals surface area contributed by atoms with Crippen molar-refractivity contribution >= 4 is 5.91 Å². The van der Waals surface area contributed by atoms with Crippen LogP contribution in [0.5, 0.6) is 0 Å². The first-order valence-electron chi connectivity index (χ1n) is 5.01. The second kappa shape index (κ2) is 2.98. The van der Waals surface area contributed by atoms with Gasteiger partial charge in [0.25, 0.3) is 0 Å². The molecule has 2 heterocycles. The van der Waals surface area contributed by atoms with E-state index < -0.39 is 0 Å². The third kappa shape index (κ3) is 1.17. The highest BCUT2D eigenvalue weighted by Gasteiger charge is 2.47. The number of carbonyl (C=O) groups excluding carboxylic acids is 1. The molecule has 0 aromatic heterocycles. The molecule has 0 aromatic rings. The van der Waals surface area contributed by atoms with Crippen LogP contribution in [0.4, 0.5) is 0 Å². The molecule has 2 bridgehead atoms.